The second kappa shape index (κ2) is 7.04. The van der Waals surface area contributed by atoms with Gasteiger partial charge in [0.05, 0.1) is 17.6 Å². The molecule has 0 spiro atoms. The summed E-state index contributed by atoms with van der Waals surface area (Å²) < 4.78 is 1.31. The van der Waals surface area contributed by atoms with Crippen molar-refractivity contribution < 1.29 is 4.79 Å². The van der Waals surface area contributed by atoms with Gasteiger partial charge in [-0.3, -0.25) is 14.6 Å². The van der Waals surface area contributed by atoms with E-state index in [-0.39, 0.29) is 17.3 Å². The maximum Gasteiger partial charge on any atom is 0.292 e. The van der Waals surface area contributed by atoms with E-state index in [9.17, 15) is 9.59 Å². The number of nitrogens with one attached hydrogen (secondary N) is 1. The highest BCUT2D eigenvalue weighted by Crippen LogP contribution is 2.14. The second-order valence-corrected chi connectivity index (χ2v) is 5.72. The molecule has 2 heterocycles. The van der Waals surface area contributed by atoms with Crippen LogP contribution in [0.5, 0.6) is 0 Å². The first-order chi connectivity index (χ1) is 12.1. The van der Waals surface area contributed by atoms with Crippen molar-refractivity contribution in [3.8, 4) is 0 Å². The van der Waals surface area contributed by atoms with Crippen molar-refractivity contribution in [2.75, 3.05) is 0 Å². The minimum absolute atomic E-state index is 0.163. The summed E-state index contributed by atoms with van der Waals surface area (Å²) in [5.74, 6) is -0.476. The van der Waals surface area contributed by atoms with Gasteiger partial charge in [0, 0.05) is 17.8 Å². The SMILES string of the molecule is CC(C)n1nc(C(=O)N/N=C\c2ccncc2)c2ccccc2c1=O. The molecule has 0 aliphatic rings. The lowest BCUT2D eigenvalue weighted by Crippen LogP contribution is -2.30. The minimum atomic E-state index is -0.476. The van der Waals surface area contributed by atoms with Gasteiger partial charge in [-0.05, 0) is 37.6 Å². The van der Waals surface area contributed by atoms with Crippen LogP contribution in [0.1, 0.15) is 35.9 Å². The molecule has 3 aromatic rings. The van der Waals surface area contributed by atoms with Gasteiger partial charge in [-0.1, -0.05) is 18.2 Å². The summed E-state index contributed by atoms with van der Waals surface area (Å²) in [6.45, 7) is 3.68. The lowest BCUT2D eigenvalue weighted by Gasteiger charge is -2.12. The molecule has 1 aromatic carbocycles. The number of hydrogen-bond acceptors (Lipinski definition) is 5. The molecule has 126 valence electrons. The van der Waals surface area contributed by atoms with Crippen molar-refractivity contribution in [1.82, 2.24) is 20.2 Å². The monoisotopic (exact) mass is 335 g/mol. The van der Waals surface area contributed by atoms with E-state index in [1.54, 1.807) is 48.8 Å². The summed E-state index contributed by atoms with van der Waals surface area (Å²) in [4.78, 5) is 28.9. The number of nitrogens with zero attached hydrogens (tertiary/aromatic N) is 4. The number of benzene rings is 1. The van der Waals surface area contributed by atoms with E-state index in [0.717, 1.165) is 5.56 Å². The quantitative estimate of drug-likeness (QED) is 0.584. The van der Waals surface area contributed by atoms with Crippen LogP contribution in [0.15, 0.2) is 58.7 Å². The number of fused-ring (bicyclic) bond motifs is 1. The number of hydrogen-bond donors (Lipinski definition) is 1. The average Bonchev–Trinajstić information content (AvgIpc) is 2.62. The highest BCUT2D eigenvalue weighted by Gasteiger charge is 2.17. The van der Waals surface area contributed by atoms with E-state index in [1.165, 1.54) is 10.9 Å². The van der Waals surface area contributed by atoms with Gasteiger partial charge in [-0.25, -0.2) is 10.1 Å². The van der Waals surface area contributed by atoms with E-state index in [0.29, 0.717) is 10.8 Å². The first-order valence-corrected chi connectivity index (χ1v) is 7.83. The molecular formula is C18H17N5O2. The van der Waals surface area contributed by atoms with E-state index < -0.39 is 5.91 Å². The summed E-state index contributed by atoms with van der Waals surface area (Å²) in [5, 5.41) is 9.13. The Labute approximate surface area is 144 Å². The molecule has 7 heteroatoms. The van der Waals surface area contributed by atoms with Crippen LogP contribution in [-0.2, 0) is 0 Å². The van der Waals surface area contributed by atoms with Crippen LogP contribution in [0.3, 0.4) is 0 Å². The van der Waals surface area contributed by atoms with Crippen molar-refractivity contribution in [3.63, 3.8) is 0 Å². The molecule has 0 radical (unpaired) electrons. The van der Waals surface area contributed by atoms with E-state index >= 15 is 0 Å². The smallest absolute Gasteiger partial charge is 0.267 e. The molecule has 0 saturated carbocycles. The van der Waals surface area contributed by atoms with E-state index in [1.807, 2.05) is 13.8 Å². The van der Waals surface area contributed by atoms with Crippen LogP contribution in [0.2, 0.25) is 0 Å². The van der Waals surface area contributed by atoms with Crippen LogP contribution in [-0.4, -0.2) is 26.9 Å². The molecule has 0 atom stereocenters. The topological polar surface area (TPSA) is 89.2 Å². The molecule has 1 amide bonds. The predicted molar refractivity (Wildman–Crippen MR) is 95.7 cm³/mol. The molecule has 25 heavy (non-hydrogen) atoms. The number of carbonyl (C=O) groups excluding carboxylic acids is 1. The molecule has 0 aliphatic carbocycles. The normalized spacial score (nSPS) is 11.3. The van der Waals surface area contributed by atoms with Crippen molar-refractivity contribution in [2.45, 2.75) is 19.9 Å². The van der Waals surface area contributed by atoms with Gasteiger partial charge in [-0.2, -0.15) is 10.2 Å². The largest absolute Gasteiger partial charge is 0.292 e. The summed E-state index contributed by atoms with van der Waals surface area (Å²) in [7, 11) is 0. The molecule has 1 N–H and O–H groups in total. The number of carbonyl (C=O) groups is 1. The molecule has 0 unspecified atom stereocenters. The van der Waals surface area contributed by atoms with Crippen LogP contribution >= 0.6 is 0 Å². The standard InChI is InChI=1S/C18H17N5O2/c1-12(2)23-18(25)15-6-4-3-5-14(15)16(22-23)17(24)21-20-11-13-7-9-19-10-8-13/h3-12H,1-2H3,(H,21,24)/b20-11-. The zero-order chi connectivity index (χ0) is 17.8. The fourth-order valence-electron chi connectivity index (χ4n) is 2.39. The maximum absolute atomic E-state index is 12.5. The Kier molecular flexibility index (Phi) is 4.65. The molecule has 2 aromatic heterocycles. The molecule has 3 rings (SSSR count). The number of pyridine rings is 1. The Bertz CT molecular complexity index is 993. The Hall–Kier alpha value is -3.35. The van der Waals surface area contributed by atoms with Gasteiger partial charge >= 0.3 is 0 Å². The number of rotatable bonds is 4. The molecule has 0 aliphatic heterocycles. The third-order valence-corrected chi connectivity index (χ3v) is 3.62. The Balaban J connectivity index is 1.97. The van der Waals surface area contributed by atoms with Crippen molar-refractivity contribution in [2.24, 2.45) is 5.10 Å². The summed E-state index contributed by atoms with van der Waals surface area (Å²) >= 11 is 0. The first-order valence-electron chi connectivity index (χ1n) is 7.83. The van der Waals surface area contributed by atoms with Gasteiger partial charge in [0.2, 0.25) is 0 Å². The molecule has 0 bridgehead atoms. The maximum atomic E-state index is 12.5. The van der Waals surface area contributed by atoms with Gasteiger partial charge in [0.1, 0.15) is 0 Å². The van der Waals surface area contributed by atoms with E-state index in [2.05, 4.69) is 20.6 Å². The van der Waals surface area contributed by atoms with Crippen LogP contribution in [0.25, 0.3) is 10.8 Å². The van der Waals surface area contributed by atoms with Crippen molar-refractivity contribution >= 4 is 22.9 Å². The van der Waals surface area contributed by atoms with Gasteiger partial charge in [0.15, 0.2) is 5.69 Å². The fraction of sp³-hybridized carbons (Fsp3) is 0.167. The fourth-order valence-corrected chi connectivity index (χ4v) is 2.39. The first kappa shape index (κ1) is 16.5. The van der Waals surface area contributed by atoms with Crippen molar-refractivity contribution in [1.29, 1.82) is 0 Å². The lowest BCUT2D eigenvalue weighted by atomic mass is 10.1. The van der Waals surface area contributed by atoms with Gasteiger partial charge in [0.25, 0.3) is 11.5 Å². The van der Waals surface area contributed by atoms with Crippen LogP contribution < -0.4 is 11.0 Å². The highest BCUT2D eigenvalue weighted by atomic mass is 16.2. The zero-order valence-corrected chi connectivity index (χ0v) is 13.9. The number of hydrazone groups is 1. The third-order valence-electron chi connectivity index (χ3n) is 3.62. The molecular weight excluding hydrogens is 318 g/mol. The minimum Gasteiger partial charge on any atom is -0.267 e. The number of aromatic nitrogens is 3. The molecule has 0 saturated heterocycles. The zero-order valence-electron chi connectivity index (χ0n) is 13.9. The summed E-state index contributed by atoms with van der Waals surface area (Å²) in [5.41, 5.74) is 3.21. The Morgan fingerprint density at radius 2 is 1.84 bits per heavy atom. The van der Waals surface area contributed by atoms with Crippen molar-refractivity contribution in [3.05, 3.63) is 70.4 Å². The summed E-state index contributed by atoms with van der Waals surface area (Å²) in [6.07, 6.45) is 4.79. The predicted octanol–water partition coefficient (Wildman–Crippen LogP) is 2.14. The molecule has 7 nitrogen and oxygen atoms in total. The third kappa shape index (κ3) is 3.45. The van der Waals surface area contributed by atoms with Crippen LogP contribution in [0.4, 0.5) is 0 Å². The highest BCUT2D eigenvalue weighted by molar-refractivity contribution is 6.04. The van der Waals surface area contributed by atoms with Gasteiger partial charge in [-0.15, -0.1) is 0 Å². The molecule has 0 fully saturated rings. The Morgan fingerprint density at radius 1 is 1.16 bits per heavy atom. The van der Waals surface area contributed by atoms with Crippen LogP contribution in [0, 0.1) is 0 Å². The Morgan fingerprint density at radius 3 is 2.52 bits per heavy atom. The van der Waals surface area contributed by atoms with Gasteiger partial charge < -0.3 is 0 Å². The second-order valence-electron chi connectivity index (χ2n) is 5.72. The lowest BCUT2D eigenvalue weighted by molar-refractivity contribution is 0.0949. The average molecular weight is 335 g/mol. The summed E-state index contributed by atoms with van der Waals surface area (Å²) in [6, 6.07) is 10.3. The van der Waals surface area contributed by atoms with E-state index in [4.69, 9.17) is 0 Å². The number of amides is 1.